The summed E-state index contributed by atoms with van der Waals surface area (Å²) in [5.41, 5.74) is 0. The van der Waals surface area contributed by atoms with Crippen LogP contribution in [0, 0.1) is 0 Å². The van der Waals surface area contributed by atoms with Gasteiger partial charge in [0.15, 0.2) is 0 Å². The van der Waals surface area contributed by atoms with Crippen molar-refractivity contribution in [2.75, 3.05) is 0 Å². The molecule has 0 unspecified atom stereocenters. The van der Waals surface area contributed by atoms with Gasteiger partial charge in [-0.3, -0.25) is 0 Å². The molecule has 42 valence electrons. The minimum absolute atomic E-state index is 0. The topological polar surface area (TPSA) is 87.0 Å². The molecule has 0 aliphatic rings. The maximum absolute atomic E-state index is 9.22. The van der Waals surface area contributed by atoms with Gasteiger partial charge < -0.3 is 9.79 Å². The van der Waals surface area contributed by atoms with E-state index in [0.29, 0.717) is 0 Å². The van der Waals surface area contributed by atoms with Gasteiger partial charge in [-0.25, -0.2) is 9.82 Å². The summed E-state index contributed by atoms with van der Waals surface area (Å²) >= 11 is 0. The van der Waals surface area contributed by atoms with E-state index >= 15 is 0 Å². The normalized spacial score (nSPS) is 10.1. The zero-order chi connectivity index (χ0) is 5.21. The predicted molar refractivity (Wildman–Crippen MR) is 15.8 cm³/mol. The molecule has 7 heteroatoms. The van der Waals surface area contributed by atoms with Crippen LogP contribution in [0.3, 0.4) is 0 Å². The van der Waals surface area contributed by atoms with Crippen LogP contribution in [-0.4, -0.2) is 15.0 Å². The number of hydrogen-bond acceptors (Lipinski definition) is 3. The SMILES string of the molecule is O=P(O)(O)OO.[Zr]. The summed E-state index contributed by atoms with van der Waals surface area (Å²) in [7, 11) is -4.59. The van der Waals surface area contributed by atoms with Crippen LogP contribution in [0.15, 0.2) is 0 Å². The maximum atomic E-state index is 9.22. The zero-order valence-corrected chi connectivity index (χ0v) is 6.46. The second kappa shape index (κ2) is 3.90. The van der Waals surface area contributed by atoms with E-state index in [9.17, 15) is 4.57 Å². The third-order valence-corrected chi connectivity index (χ3v) is 0.319. The average Bonchev–Trinajstić information content (AvgIpc) is 1.35. The van der Waals surface area contributed by atoms with Crippen molar-refractivity contribution in [2.24, 2.45) is 0 Å². The van der Waals surface area contributed by atoms with E-state index in [1.165, 1.54) is 0 Å². The standard InChI is InChI=1S/H3O5P.Zr/c1-5-6(2,3)4;/h1H,(H2,2,3,4);. The van der Waals surface area contributed by atoms with Gasteiger partial charge in [-0.2, -0.15) is 0 Å². The second-order valence-electron chi connectivity index (χ2n) is 0.572. The molecule has 0 rings (SSSR count). The molecule has 0 spiro atoms. The summed E-state index contributed by atoms with van der Waals surface area (Å²) < 4.78 is 11.8. The van der Waals surface area contributed by atoms with Crippen LogP contribution in [-0.2, 0) is 35.4 Å². The minimum Gasteiger partial charge on any atom is -0.301 e. The molecule has 7 heavy (non-hydrogen) atoms. The van der Waals surface area contributed by atoms with Crippen molar-refractivity contribution in [1.82, 2.24) is 0 Å². The van der Waals surface area contributed by atoms with E-state index in [4.69, 9.17) is 15.0 Å². The van der Waals surface area contributed by atoms with Crippen molar-refractivity contribution in [2.45, 2.75) is 0 Å². The van der Waals surface area contributed by atoms with Crippen LogP contribution >= 0.6 is 7.82 Å². The first-order valence-electron chi connectivity index (χ1n) is 0.948. The summed E-state index contributed by atoms with van der Waals surface area (Å²) in [4.78, 5) is 14.9. The monoisotopic (exact) mass is 204 g/mol. The largest absolute Gasteiger partial charge is 0.496 e. The Morgan fingerprint density at radius 3 is 1.57 bits per heavy atom. The Morgan fingerprint density at radius 1 is 1.43 bits per heavy atom. The van der Waals surface area contributed by atoms with Crippen LogP contribution < -0.4 is 0 Å². The molecule has 0 aliphatic carbocycles. The molecule has 0 atom stereocenters. The second-order valence-corrected chi connectivity index (χ2v) is 1.72. The predicted octanol–water partition coefficient (Wildman–Crippen LogP) is -0.434. The van der Waals surface area contributed by atoms with Gasteiger partial charge in [-0.1, -0.05) is 0 Å². The van der Waals surface area contributed by atoms with Gasteiger partial charge in [0, 0.05) is 26.2 Å². The van der Waals surface area contributed by atoms with E-state index in [2.05, 4.69) is 4.67 Å². The van der Waals surface area contributed by atoms with Crippen molar-refractivity contribution in [3.05, 3.63) is 0 Å². The number of hydrogen-bond donors (Lipinski definition) is 3. The van der Waals surface area contributed by atoms with Crippen molar-refractivity contribution in [1.29, 1.82) is 0 Å². The van der Waals surface area contributed by atoms with Gasteiger partial charge in [-0.15, -0.1) is 4.67 Å². The number of phosphoric acid groups is 1. The average molecular weight is 205 g/mol. The maximum Gasteiger partial charge on any atom is 0.496 e. The third kappa shape index (κ3) is 10.9. The molecule has 0 amide bonds. The van der Waals surface area contributed by atoms with E-state index in [1.54, 1.807) is 0 Å². The molecular weight excluding hydrogens is 202 g/mol. The molecule has 0 fully saturated rings. The molecule has 0 radical (unpaired) electrons. The Kier molecular flexibility index (Phi) is 6.04. The van der Waals surface area contributed by atoms with Gasteiger partial charge in [0.2, 0.25) is 0 Å². The quantitative estimate of drug-likeness (QED) is 0.307. The summed E-state index contributed by atoms with van der Waals surface area (Å²) in [6.07, 6.45) is 0. The van der Waals surface area contributed by atoms with Crippen LogP contribution in [0.25, 0.3) is 0 Å². The Hall–Kier alpha value is 0.953. The molecular formula is H3O5PZr. The summed E-state index contributed by atoms with van der Waals surface area (Å²) in [6.45, 7) is 0. The molecule has 0 aromatic rings. The van der Waals surface area contributed by atoms with E-state index in [1.807, 2.05) is 0 Å². The first-order chi connectivity index (χ1) is 2.56. The van der Waals surface area contributed by atoms with Crippen LogP contribution in [0.2, 0.25) is 0 Å². The summed E-state index contributed by atoms with van der Waals surface area (Å²) in [5, 5.41) is 7.14. The fraction of sp³-hybridized carbons (Fsp3) is 0. The van der Waals surface area contributed by atoms with Crippen molar-refractivity contribution in [3.8, 4) is 0 Å². The van der Waals surface area contributed by atoms with Crippen LogP contribution in [0.4, 0.5) is 0 Å². The Morgan fingerprint density at radius 2 is 1.57 bits per heavy atom. The molecule has 0 bridgehead atoms. The molecule has 0 aromatic heterocycles. The third-order valence-electron chi connectivity index (χ3n) is 0.106. The van der Waals surface area contributed by atoms with E-state index in [0.717, 1.165) is 0 Å². The molecule has 0 heterocycles. The molecule has 0 saturated heterocycles. The van der Waals surface area contributed by atoms with Crippen molar-refractivity contribution >= 4 is 7.82 Å². The molecule has 0 aliphatic heterocycles. The van der Waals surface area contributed by atoms with Gasteiger partial charge in [0.1, 0.15) is 0 Å². The Balaban J connectivity index is 0. The fourth-order valence-electron chi connectivity index (χ4n) is 0. The molecule has 3 N–H and O–H groups in total. The summed E-state index contributed by atoms with van der Waals surface area (Å²) in [6, 6.07) is 0. The Bertz CT molecular complexity index is 72.1. The van der Waals surface area contributed by atoms with E-state index in [-0.39, 0.29) is 26.2 Å². The number of rotatable bonds is 1. The zero-order valence-electron chi connectivity index (χ0n) is 3.11. The van der Waals surface area contributed by atoms with Crippen LogP contribution in [0.1, 0.15) is 0 Å². The van der Waals surface area contributed by atoms with Crippen LogP contribution in [0.5, 0.6) is 0 Å². The fourth-order valence-corrected chi connectivity index (χ4v) is 0. The van der Waals surface area contributed by atoms with Gasteiger partial charge in [-0.05, 0) is 0 Å². The first-order valence-corrected chi connectivity index (χ1v) is 2.48. The van der Waals surface area contributed by atoms with Gasteiger partial charge in [0.05, 0.1) is 0 Å². The van der Waals surface area contributed by atoms with Crippen molar-refractivity contribution < 1.29 is 50.5 Å². The first kappa shape index (κ1) is 10.8. The van der Waals surface area contributed by atoms with Gasteiger partial charge >= 0.3 is 7.82 Å². The van der Waals surface area contributed by atoms with Gasteiger partial charge in [0.25, 0.3) is 0 Å². The summed E-state index contributed by atoms with van der Waals surface area (Å²) in [5.74, 6) is 0. The Labute approximate surface area is 58.6 Å². The molecule has 0 aromatic carbocycles. The molecule has 0 saturated carbocycles. The molecule has 5 nitrogen and oxygen atoms in total. The van der Waals surface area contributed by atoms with E-state index < -0.39 is 7.82 Å². The minimum atomic E-state index is -4.59. The van der Waals surface area contributed by atoms with Crippen molar-refractivity contribution in [3.63, 3.8) is 0 Å². The smallest absolute Gasteiger partial charge is 0.301 e.